The Morgan fingerprint density at radius 2 is 2.57 bits per heavy atom. The second kappa shape index (κ2) is 4.50. The second-order valence-electron chi connectivity index (χ2n) is 3.42. The van der Waals surface area contributed by atoms with E-state index in [0.717, 1.165) is 12.5 Å². The van der Waals surface area contributed by atoms with Gasteiger partial charge >= 0.3 is 0 Å². The van der Waals surface area contributed by atoms with E-state index in [1.165, 1.54) is 17.9 Å². The van der Waals surface area contributed by atoms with Gasteiger partial charge < -0.3 is 11.1 Å². The average Bonchev–Trinajstić information content (AvgIpc) is 2.67. The summed E-state index contributed by atoms with van der Waals surface area (Å²) in [7, 11) is 0. The number of hydrogen-bond donors (Lipinski definition) is 2. The fourth-order valence-corrected chi connectivity index (χ4v) is 2.72. The molecule has 0 aliphatic carbocycles. The normalized spacial score (nSPS) is 21.0. The van der Waals surface area contributed by atoms with Gasteiger partial charge in [-0.05, 0) is 29.9 Å². The van der Waals surface area contributed by atoms with E-state index >= 15 is 0 Å². The van der Waals surface area contributed by atoms with E-state index in [1.54, 1.807) is 12.3 Å². The third kappa shape index (κ3) is 2.51. The van der Waals surface area contributed by atoms with Gasteiger partial charge in [0.1, 0.15) is 5.82 Å². The summed E-state index contributed by atoms with van der Waals surface area (Å²) >= 11 is 2.01. The molecule has 14 heavy (non-hydrogen) atoms. The molecule has 76 valence electrons. The van der Waals surface area contributed by atoms with Gasteiger partial charge in [0.2, 0.25) is 5.95 Å². The van der Waals surface area contributed by atoms with Crippen LogP contribution in [-0.4, -0.2) is 28.0 Å². The fourth-order valence-electron chi connectivity index (χ4n) is 1.44. The summed E-state index contributed by atoms with van der Waals surface area (Å²) in [4.78, 5) is 8.17. The van der Waals surface area contributed by atoms with E-state index < -0.39 is 0 Å². The van der Waals surface area contributed by atoms with Crippen molar-refractivity contribution in [1.82, 2.24) is 9.97 Å². The van der Waals surface area contributed by atoms with E-state index in [1.807, 2.05) is 11.8 Å². The largest absolute Gasteiger partial charge is 0.384 e. The van der Waals surface area contributed by atoms with Crippen LogP contribution in [0.4, 0.5) is 11.8 Å². The van der Waals surface area contributed by atoms with Crippen molar-refractivity contribution in [2.24, 2.45) is 5.92 Å². The number of nitrogens with two attached hydrogens (primary N) is 1. The van der Waals surface area contributed by atoms with Crippen LogP contribution >= 0.6 is 11.8 Å². The van der Waals surface area contributed by atoms with E-state index in [-0.39, 0.29) is 0 Å². The van der Waals surface area contributed by atoms with E-state index in [4.69, 9.17) is 5.73 Å². The number of thioether (sulfide) groups is 1. The summed E-state index contributed by atoms with van der Waals surface area (Å²) in [6.07, 6.45) is 2.97. The lowest BCUT2D eigenvalue weighted by molar-refractivity contribution is 0.629. The second-order valence-corrected chi connectivity index (χ2v) is 4.57. The molecule has 1 unspecified atom stereocenters. The van der Waals surface area contributed by atoms with E-state index in [0.29, 0.717) is 11.8 Å². The first-order valence-electron chi connectivity index (χ1n) is 4.75. The van der Waals surface area contributed by atoms with Gasteiger partial charge in [0.15, 0.2) is 0 Å². The zero-order valence-corrected chi connectivity index (χ0v) is 8.76. The highest BCUT2D eigenvalue weighted by Crippen LogP contribution is 2.23. The summed E-state index contributed by atoms with van der Waals surface area (Å²) in [6.45, 7) is 0.955. The van der Waals surface area contributed by atoms with Crippen molar-refractivity contribution < 1.29 is 0 Å². The topological polar surface area (TPSA) is 63.8 Å². The first-order valence-corrected chi connectivity index (χ1v) is 5.90. The summed E-state index contributed by atoms with van der Waals surface area (Å²) in [5, 5.41) is 3.21. The van der Waals surface area contributed by atoms with Gasteiger partial charge in [-0.2, -0.15) is 16.7 Å². The molecule has 0 amide bonds. The Bertz CT molecular complexity index is 299. The Balaban J connectivity index is 1.85. The zero-order chi connectivity index (χ0) is 9.80. The minimum atomic E-state index is 0.517. The van der Waals surface area contributed by atoms with Gasteiger partial charge in [0.05, 0.1) is 0 Å². The average molecular weight is 210 g/mol. The standard InChI is InChI=1S/C9H14N4S/c10-8-1-3-11-9(13-8)12-5-7-2-4-14-6-7/h1,3,7H,2,4-6H2,(H3,10,11,12,13). The molecule has 2 rings (SSSR count). The maximum atomic E-state index is 5.55. The van der Waals surface area contributed by atoms with Crippen molar-refractivity contribution in [2.45, 2.75) is 6.42 Å². The third-order valence-electron chi connectivity index (χ3n) is 2.25. The molecule has 1 aliphatic rings. The molecule has 2 heterocycles. The van der Waals surface area contributed by atoms with Crippen LogP contribution in [-0.2, 0) is 0 Å². The summed E-state index contributed by atoms with van der Waals surface area (Å²) in [5.74, 6) is 4.44. The van der Waals surface area contributed by atoms with E-state index in [9.17, 15) is 0 Å². The van der Waals surface area contributed by atoms with Gasteiger partial charge in [-0.1, -0.05) is 0 Å². The van der Waals surface area contributed by atoms with Crippen molar-refractivity contribution in [1.29, 1.82) is 0 Å². The SMILES string of the molecule is Nc1ccnc(NCC2CCSC2)n1. The Labute approximate surface area is 87.7 Å². The lowest BCUT2D eigenvalue weighted by atomic mass is 10.1. The molecule has 1 fully saturated rings. The first kappa shape index (κ1) is 9.58. The van der Waals surface area contributed by atoms with Gasteiger partial charge in [-0.3, -0.25) is 0 Å². The molecule has 3 N–H and O–H groups in total. The molecule has 0 saturated carbocycles. The number of nitrogen functional groups attached to an aromatic ring is 1. The molecular weight excluding hydrogens is 196 g/mol. The van der Waals surface area contributed by atoms with Gasteiger partial charge in [-0.25, -0.2) is 4.98 Å². The molecule has 5 heteroatoms. The molecule has 0 bridgehead atoms. The van der Waals surface area contributed by atoms with Gasteiger partial charge in [0.25, 0.3) is 0 Å². The number of rotatable bonds is 3. The van der Waals surface area contributed by atoms with Crippen molar-refractivity contribution in [3.05, 3.63) is 12.3 Å². The summed E-state index contributed by atoms with van der Waals surface area (Å²) in [5.41, 5.74) is 5.55. The molecule has 1 saturated heterocycles. The van der Waals surface area contributed by atoms with Crippen LogP contribution < -0.4 is 11.1 Å². The van der Waals surface area contributed by atoms with Crippen molar-refractivity contribution >= 4 is 23.5 Å². The summed E-state index contributed by atoms with van der Waals surface area (Å²) < 4.78 is 0. The van der Waals surface area contributed by atoms with Crippen LogP contribution in [0.25, 0.3) is 0 Å². The van der Waals surface area contributed by atoms with Crippen molar-refractivity contribution in [3.63, 3.8) is 0 Å². The molecule has 1 aromatic heterocycles. The number of nitrogens with zero attached hydrogens (tertiary/aromatic N) is 2. The lowest BCUT2D eigenvalue weighted by Gasteiger charge is -2.09. The monoisotopic (exact) mass is 210 g/mol. The van der Waals surface area contributed by atoms with Crippen molar-refractivity contribution in [3.8, 4) is 0 Å². The zero-order valence-electron chi connectivity index (χ0n) is 7.94. The van der Waals surface area contributed by atoms with Gasteiger partial charge in [0, 0.05) is 12.7 Å². The predicted octanol–water partition coefficient (Wildman–Crippen LogP) is 1.22. The predicted molar refractivity (Wildman–Crippen MR) is 60.4 cm³/mol. The van der Waals surface area contributed by atoms with Crippen molar-refractivity contribution in [2.75, 3.05) is 29.1 Å². The number of anilines is 2. The summed E-state index contributed by atoms with van der Waals surface area (Å²) in [6, 6.07) is 1.69. The van der Waals surface area contributed by atoms with Crippen LogP contribution in [0.15, 0.2) is 12.3 Å². The number of hydrogen-bond acceptors (Lipinski definition) is 5. The minimum absolute atomic E-state index is 0.517. The highest BCUT2D eigenvalue weighted by atomic mass is 32.2. The molecule has 0 spiro atoms. The van der Waals surface area contributed by atoms with E-state index in [2.05, 4.69) is 15.3 Å². The number of nitrogens with one attached hydrogen (secondary N) is 1. The number of aromatic nitrogens is 2. The Hall–Kier alpha value is -0.970. The van der Waals surface area contributed by atoms with Gasteiger partial charge in [-0.15, -0.1) is 0 Å². The molecule has 1 aliphatic heterocycles. The van der Waals surface area contributed by atoms with Crippen LogP contribution in [0.2, 0.25) is 0 Å². The maximum Gasteiger partial charge on any atom is 0.224 e. The van der Waals surface area contributed by atoms with Crippen LogP contribution in [0, 0.1) is 5.92 Å². The maximum absolute atomic E-state index is 5.55. The fraction of sp³-hybridized carbons (Fsp3) is 0.556. The Kier molecular flexibility index (Phi) is 3.08. The van der Waals surface area contributed by atoms with Crippen LogP contribution in [0.5, 0.6) is 0 Å². The lowest BCUT2D eigenvalue weighted by Crippen LogP contribution is -2.15. The smallest absolute Gasteiger partial charge is 0.224 e. The minimum Gasteiger partial charge on any atom is -0.384 e. The van der Waals surface area contributed by atoms with Crippen LogP contribution in [0.3, 0.4) is 0 Å². The highest BCUT2D eigenvalue weighted by molar-refractivity contribution is 7.99. The molecule has 4 nitrogen and oxygen atoms in total. The highest BCUT2D eigenvalue weighted by Gasteiger charge is 2.15. The quantitative estimate of drug-likeness (QED) is 0.785. The molecule has 1 atom stereocenters. The third-order valence-corrected chi connectivity index (χ3v) is 3.48. The molecule has 0 radical (unpaired) electrons. The first-order chi connectivity index (χ1) is 6.84. The molecule has 1 aromatic rings. The molecular formula is C9H14N4S. The Morgan fingerprint density at radius 1 is 1.64 bits per heavy atom. The van der Waals surface area contributed by atoms with Crippen LogP contribution in [0.1, 0.15) is 6.42 Å². The Morgan fingerprint density at radius 3 is 3.29 bits per heavy atom. The molecule has 0 aromatic carbocycles.